The minimum Gasteiger partial charge on any atom is -0.493 e. The lowest BCUT2D eigenvalue weighted by molar-refractivity contribution is -0.123. The number of fused-ring (bicyclic) bond motifs is 7. The average molecular weight is 521 g/mol. The van der Waals surface area contributed by atoms with Gasteiger partial charge in [-0.25, -0.2) is 4.98 Å². The minimum atomic E-state index is -0.518. The molecule has 0 saturated carbocycles. The van der Waals surface area contributed by atoms with Crippen molar-refractivity contribution in [2.45, 2.75) is 32.0 Å². The van der Waals surface area contributed by atoms with Crippen LogP contribution in [0.1, 0.15) is 39.1 Å². The first-order valence-corrected chi connectivity index (χ1v) is 12.3. The van der Waals surface area contributed by atoms with Gasteiger partial charge in [-0.15, -0.1) is 0 Å². The van der Waals surface area contributed by atoms with Gasteiger partial charge in [0.2, 0.25) is 0 Å². The highest BCUT2D eigenvalue weighted by Crippen LogP contribution is 2.29. The Morgan fingerprint density at radius 1 is 1.16 bits per heavy atom. The third kappa shape index (κ3) is 5.26. The van der Waals surface area contributed by atoms with Crippen molar-refractivity contribution in [3.8, 4) is 17.2 Å². The van der Waals surface area contributed by atoms with E-state index in [0.29, 0.717) is 35.8 Å². The molecule has 198 valence electrons. The van der Waals surface area contributed by atoms with Gasteiger partial charge in [0, 0.05) is 25.1 Å². The lowest BCUT2D eigenvalue weighted by Gasteiger charge is -2.21. The number of ether oxygens (including phenoxy) is 3. The Bertz CT molecular complexity index is 1340. The fraction of sp³-hybridized carbons (Fsp3) is 0.333. The minimum absolute atomic E-state index is 0.223. The van der Waals surface area contributed by atoms with Crippen LogP contribution in [-0.4, -0.2) is 66.6 Å². The molecule has 0 unspecified atom stereocenters. The lowest BCUT2D eigenvalue weighted by atomic mass is 10.1. The van der Waals surface area contributed by atoms with Gasteiger partial charge in [0.05, 0.1) is 19.7 Å². The first kappa shape index (κ1) is 25.1. The molecule has 3 amide bonds. The van der Waals surface area contributed by atoms with E-state index in [9.17, 15) is 14.4 Å². The van der Waals surface area contributed by atoms with Crippen molar-refractivity contribution in [3.05, 3.63) is 71.4 Å². The number of carbonyl (C=O) groups is 3. The molecule has 2 atom stereocenters. The van der Waals surface area contributed by atoms with E-state index in [1.807, 2.05) is 19.1 Å². The van der Waals surface area contributed by atoms with E-state index in [1.54, 1.807) is 29.2 Å². The molecule has 0 spiro atoms. The third-order valence-corrected chi connectivity index (χ3v) is 6.52. The van der Waals surface area contributed by atoms with E-state index < -0.39 is 12.1 Å². The Balaban J connectivity index is 1.45. The van der Waals surface area contributed by atoms with Crippen LogP contribution in [-0.2, 0) is 17.8 Å². The lowest BCUT2D eigenvalue weighted by Crippen LogP contribution is -2.45. The summed E-state index contributed by atoms with van der Waals surface area (Å²) in [6.45, 7) is 2.42. The second-order valence-electron chi connectivity index (χ2n) is 9.00. The average Bonchev–Trinajstić information content (AvgIpc) is 3.57. The van der Waals surface area contributed by atoms with Gasteiger partial charge < -0.3 is 34.2 Å². The number of rotatable bonds is 3. The summed E-state index contributed by atoms with van der Waals surface area (Å²) in [6, 6.07) is 11.5. The number of amides is 3. The number of carbonyl (C=O) groups excluding carboxylic acids is 3. The third-order valence-electron chi connectivity index (χ3n) is 6.52. The van der Waals surface area contributed by atoms with Crippen molar-refractivity contribution >= 4 is 17.7 Å². The molecule has 1 aromatic heterocycles. The first-order chi connectivity index (χ1) is 18.4. The molecule has 0 aliphatic carbocycles. The molecule has 0 radical (unpaired) electrons. The van der Waals surface area contributed by atoms with E-state index in [2.05, 4.69) is 15.6 Å². The van der Waals surface area contributed by atoms with Gasteiger partial charge >= 0.3 is 0 Å². The molecule has 2 aromatic carbocycles. The summed E-state index contributed by atoms with van der Waals surface area (Å²) in [5.41, 5.74) is 1.44. The van der Waals surface area contributed by atoms with Crippen LogP contribution in [0.5, 0.6) is 17.2 Å². The van der Waals surface area contributed by atoms with E-state index in [1.165, 1.54) is 19.6 Å². The summed E-state index contributed by atoms with van der Waals surface area (Å²) < 4.78 is 22.6. The molecule has 1 fully saturated rings. The Kier molecular flexibility index (Phi) is 7.16. The summed E-state index contributed by atoms with van der Waals surface area (Å²) in [5, 5.41) is 5.80. The molecule has 1 saturated heterocycles. The first-order valence-electron chi connectivity index (χ1n) is 12.3. The predicted molar refractivity (Wildman–Crippen MR) is 134 cm³/mol. The Hall–Kier alpha value is -4.54. The highest BCUT2D eigenvalue weighted by Gasteiger charge is 2.39. The zero-order chi connectivity index (χ0) is 26.6. The quantitative estimate of drug-likeness (QED) is 0.536. The number of oxazole rings is 1. The number of hydrogen-bond donors (Lipinski definition) is 2. The van der Waals surface area contributed by atoms with Crippen molar-refractivity contribution in [1.29, 1.82) is 0 Å². The zero-order valence-electron chi connectivity index (χ0n) is 21.1. The maximum Gasteiger partial charge on any atom is 0.276 e. The summed E-state index contributed by atoms with van der Waals surface area (Å²) in [5.74, 6) is 0.755. The molecule has 4 bridgehead atoms. The molecule has 6 rings (SSSR count). The zero-order valence-corrected chi connectivity index (χ0v) is 21.1. The highest BCUT2D eigenvalue weighted by molar-refractivity contribution is 5.96. The van der Waals surface area contributed by atoms with E-state index in [0.717, 1.165) is 5.56 Å². The smallest absolute Gasteiger partial charge is 0.276 e. The monoisotopic (exact) mass is 520 g/mol. The second-order valence-corrected chi connectivity index (χ2v) is 9.00. The van der Waals surface area contributed by atoms with Gasteiger partial charge in [0.25, 0.3) is 17.7 Å². The van der Waals surface area contributed by atoms with Gasteiger partial charge in [0.1, 0.15) is 17.6 Å². The molecule has 3 aliphatic heterocycles. The Morgan fingerprint density at radius 3 is 2.74 bits per heavy atom. The van der Waals surface area contributed by atoms with E-state index in [-0.39, 0.29) is 48.9 Å². The van der Waals surface area contributed by atoms with E-state index >= 15 is 0 Å². The number of hydrogen-bond acceptors (Lipinski definition) is 8. The normalized spacial score (nSPS) is 19.5. The SMILES string of the molecule is CCc1ocnc1C(=O)N1C[C@@H]2NC(=O)c3ccc(OC)c(c3)OCC(=O)NCc3ccc(cc3)O[C@H]2C1. The van der Waals surface area contributed by atoms with Crippen molar-refractivity contribution < 1.29 is 33.0 Å². The van der Waals surface area contributed by atoms with Gasteiger partial charge in [-0.2, -0.15) is 0 Å². The molecular weight excluding hydrogens is 492 g/mol. The van der Waals surface area contributed by atoms with Gasteiger partial charge in [-0.05, 0) is 35.9 Å². The molecule has 3 aliphatic rings. The molecular formula is C27H28N4O7. The molecule has 38 heavy (non-hydrogen) atoms. The van der Waals surface area contributed by atoms with Crippen LogP contribution >= 0.6 is 0 Å². The topological polar surface area (TPSA) is 132 Å². The maximum absolute atomic E-state index is 13.3. The molecule has 11 nitrogen and oxygen atoms in total. The maximum atomic E-state index is 13.3. The van der Waals surface area contributed by atoms with Crippen molar-refractivity contribution in [3.63, 3.8) is 0 Å². The Labute approximate surface area is 219 Å². The van der Waals surface area contributed by atoms with Crippen LogP contribution in [0.25, 0.3) is 0 Å². The second kappa shape index (κ2) is 10.8. The summed E-state index contributed by atoms with van der Waals surface area (Å²) in [6.07, 6.45) is 1.27. The number of aryl methyl sites for hydroxylation is 1. The summed E-state index contributed by atoms with van der Waals surface area (Å²) >= 11 is 0. The fourth-order valence-electron chi connectivity index (χ4n) is 4.48. The summed E-state index contributed by atoms with van der Waals surface area (Å²) in [4.78, 5) is 44.6. The number of nitrogens with one attached hydrogen (secondary N) is 2. The molecule has 2 N–H and O–H groups in total. The number of benzene rings is 2. The Morgan fingerprint density at radius 2 is 1.97 bits per heavy atom. The number of aromatic nitrogens is 1. The largest absolute Gasteiger partial charge is 0.493 e. The highest BCUT2D eigenvalue weighted by atomic mass is 16.5. The molecule has 4 heterocycles. The number of nitrogens with zero attached hydrogens (tertiary/aromatic N) is 2. The standard InChI is InChI=1S/C27H28N4O7/c1-3-20-25(29-15-37-20)27(34)31-12-19-23(13-31)38-18-7-4-16(5-8-18)11-28-24(32)14-36-22-10-17(26(33)30-19)6-9-21(22)35-2/h4-10,15,19,23H,3,11-14H2,1-2H3,(H,28,32)(H,30,33)/t19-,23-/m0/s1. The van der Waals surface area contributed by atoms with Crippen LogP contribution in [0, 0.1) is 0 Å². The number of methoxy groups -OCH3 is 1. The van der Waals surface area contributed by atoms with Crippen LogP contribution in [0.15, 0.2) is 53.3 Å². The van der Waals surface area contributed by atoms with Crippen LogP contribution in [0.3, 0.4) is 0 Å². The van der Waals surface area contributed by atoms with Crippen molar-refractivity contribution in [2.75, 3.05) is 26.8 Å². The summed E-state index contributed by atoms with van der Waals surface area (Å²) in [7, 11) is 1.48. The van der Waals surface area contributed by atoms with Crippen LogP contribution in [0.4, 0.5) is 0 Å². The molecule has 3 aromatic rings. The van der Waals surface area contributed by atoms with Crippen molar-refractivity contribution in [2.24, 2.45) is 0 Å². The number of likely N-dealkylation sites (tertiary alicyclic amines) is 1. The van der Waals surface area contributed by atoms with Gasteiger partial charge in [-0.1, -0.05) is 19.1 Å². The van der Waals surface area contributed by atoms with Gasteiger partial charge in [0.15, 0.2) is 30.2 Å². The van der Waals surface area contributed by atoms with Crippen molar-refractivity contribution in [1.82, 2.24) is 20.5 Å². The predicted octanol–water partition coefficient (Wildman–Crippen LogP) is 1.96. The molecule has 11 heteroatoms. The fourth-order valence-corrected chi connectivity index (χ4v) is 4.48. The van der Waals surface area contributed by atoms with Gasteiger partial charge in [-0.3, -0.25) is 14.4 Å². The van der Waals surface area contributed by atoms with Crippen LogP contribution in [0.2, 0.25) is 0 Å². The van der Waals surface area contributed by atoms with Crippen LogP contribution < -0.4 is 24.8 Å². The van der Waals surface area contributed by atoms with E-state index in [4.69, 9.17) is 18.6 Å².